The van der Waals surface area contributed by atoms with Crippen molar-refractivity contribution < 1.29 is 18.6 Å². The molecule has 84 valence electrons. The number of rotatable bonds is 4. The largest absolute Gasteiger partial charge is 0.508 e. The Morgan fingerprint density at radius 3 is 2.33 bits per heavy atom. The minimum Gasteiger partial charge on any atom is -0.508 e. The normalized spacial score (nSPS) is 13.7. The second-order valence-electron chi connectivity index (χ2n) is 3.20. The Morgan fingerprint density at radius 1 is 1.33 bits per heavy atom. The fourth-order valence-corrected chi connectivity index (χ4v) is 2.23. The third-order valence-electron chi connectivity index (χ3n) is 1.78. The van der Waals surface area contributed by atoms with Crippen molar-refractivity contribution in [2.45, 2.75) is 17.9 Å². The van der Waals surface area contributed by atoms with Gasteiger partial charge in [0.05, 0.1) is 11.5 Å². The van der Waals surface area contributed by atoms with Crippen LogP contribution in [0.25, 0.3) is 0 Å². The lowest BCUT2D eigenvalue weighted by molar-refractivity contribution is 0.265. The summed E-state index contributed by atoms with van der Waals surface area (Å²) in [4.78, 5) is 0.0561. The second kappa shape index (κ2) is 4.61. The van der Waals surface area contributed by atoms with Crippen LogP contribution >= 0.6 is 0 Å². The van der Waals surface area contributed by atoms with Crippen molar-refractivity contribution in [1.29, 1.82) is 0 Å². The summed E-state index contributed by atoms with van der Waals surface area (Å²) in [5.41, 5.74) is 0. The van der Waals surface area contributed by atoms with Crippen LogP contribution in [0.15, 0.2) is 29.2 Å². The first-order chi connectivity index (χ1) is 6.95. The Morgan fingerprint density at radius 2 is 1.87 bits per heavy atom. The van der Waals surface area contributed by atoms with E-state index in [-0.39, 0.29) is 17.3 Å². The Labute approximate surface area is 88.4 Å². The molecular formula is C9H13NO4S. The van der Waals surface area contributed by atoms with E-state index in [1.165, 1.54) is 24.3 Å². The lowest BCUT2D eigenvalue weighted by Gasteiger charge is -2.11. The number of hydrogen-bond donors (Lipinski definition) is 3. The molecule has 15 heavy (non-hydrogen) atoms. The van der Waals surface area contributed by atoms with E-state index in [9.17, 15) is 8.42 Å². The molecule has 0 fully saturated rings. The topological polar surface area (TPSA) is 86.6 Å². The summed E-state index contributed by atoms with van der Waals surface area (Å²) in [5.74, 6) is 0.00385. The summed E-state index contributed by atoms with van der Waals surface area (Å²) < 4.78 is 25.5. The molecule has 3 N–H and O–H groups in total. The van der Waals surface area contributed by atoms with Crippen molar-refractivity contribution in [3.8, 4) is 5.75 Å². The van der Waals surface area contributed by atoms with Crippen molar-refractivity contribution in [3.05, 3.63) is 24.3 Å². The van der Waals surface area contributed by atoms with Crippen LogP contribution < -0.4 is 4.72 Å². The quantitative estimate of drug-likeness (QED) is 0.683. The molecule has 1 atom stereocenters. The highest BCUT2D eigenvalue weighted by molar-refractivity contribution is 7.89. The lowest BCUT2D eigenvalue weighted by atomic mass is 10.3. The molecular weight excluding hydrogens is 218 g/mol. The molecule has 0 aliphatic rings. The van der Waals surface area contributed by atoms with Crippen LogP contribution in [0.4, 0.5) is 0 Å². The van der Waals surface area contributed by atoms with Crippen LogP contribution in [-0.4, -0.2) is 31.3 Å². The van der Waals surface area contributed by atoms with Gasteiger partial charge < -0.3 is 10.2 Å². The summed E-state index contributed by atoms with van der Waals surface area (Å²) >= 11 is 0. The first kappa shape index (κ1) is 12.0. The maximum Gasteiger partial charge on any atom is 0.240 e. The van der Waals surface area contributed by atoms with E-state index in [4.69, 9.17) is 10.2 Å². The SMILES string of the molecule is C[C@H](CO)NS(=O)(=O)c1ccc(O)cc1. The molecule has 1 aromatic carbocycles. The molecule has 0 aromatic heterocycles. The molecule has 0 saturated carbocycles. The number of phenols is 1. The highest BCUT2D eigenvalue weighted by atomic mass is 32.2. The number of nitrogens with one attached hydrogen (secondary N) is 1. The Hall–Kier alpha value is -1.11. The smallest absolute Gasteiger partial charge is 0.240 e. The zero-order valence-corrected chi connectivity index (χ0v) is 9.03. The Kier molecular flexibility index (Phi) is 3.67. The van der Waals surface area contributed by atoms with Gasteiger partial charge in [-0.2, -0.15) is 0 Å². The summed E-state index contributed by atoms with van der Waals surface area (Å²) in [6.45, 7) is 1.29. The first-order valence-corrected chi connectivity index (χ1v) is 5.86. The van der Waals surface area contributed by atoms with Gasteiger partial charge in [0, 0.05) is 6.04 Å². The predicted molar refractivity (Wildman–Crippen MR) is 55.0 cm³/mol. The van der Waals surface area contributed by atoms with E-state index in [0.717, 1.165) is 0 Å². The van der Waals surface area contributed by atoms with Crippen molar-refractivity contribution in [1.82, 2.24) is 4.72 Å². The van der Waals surface area contributed by atoms with Crippen molar-refractivity contribution >= 4 is 10.0 Å². The van der Waals surface area contributed by atoms with Crippen LogP contribution in [-0.2, 0) is 10.0 Å². The number of aliphatic hydroxyl groups is 1. The Balaban J connectivity index is 2.91. The zero-order chi connectivity index (χ0) is 11.5. The fourth-order valence-electron chi connectivity index (χ4n) is 0.995. The van der Waals surface area contributed by atoms with Crippen LogP contribution in [0.1, 0.15) is 6.92 Å². The molecule has 0 saturated heterocycles. The van der Waals surface area contributed by atoms with Gasteiger partial charge in [0.2, 0.25) is 10.0 Å². The Bertz CT molecular complexity index is 412. The molecule has 1 rings (SSSR count). The molecule has 5 nitrogen and oxygen atoms in total. The van der Waals surface area contributed by atoms with Gasteiger partial charge >= 0.3 is 0 Å². The second-order valence-corrected chi connectivity index (χ2v) is 4.91. The molecule has 0 heterocycles. The molecule has 0 spiro atoms. The van der Waals surface area contributed by atoms with Crippen LogP contribution in [0.5, 0.6) is 5.75 Å². The maximum atomic E-state index is 11.6. The lowest BCUT2D eigenvalue weighted by Crippen LogP contribution is -2.34. The summed E-state index contributed by atoms with van der Waals surface area (Å²) in [7, 11) is -3.61. The summed E-state index contributed by atoms with van der Waals surface area (Å²) in [5, 5.41) is 17.7. The van der Waals surface area contributed by atoms with Crippen molar-refractivity contribution in [2.24, 2.45) is 0 Å². The van der Waals surface area contributed by atoms with Crippen LogP contribution in [0.2, 0.25) is 0 Å². The number of sulfonamides is 1. The van der Waals surface area contributed by atoms with Gasteiger partial charge in [-0.3, -0.25) is 0 Å². The van der Waals surface area contributed by atoms with E-state index < -0.39 is 16.1 Å². The third kappa shape index (κ3) is 3.19. The average molecular weight is 231 g/mol. The van der Waals surface area contributed by atoms with Crippen LogP contribution in [0.3, 0.4) is 0 Å². The highest BCUT2D eigenvalue weighted by Crippen LogP contribution is 2.14. The van der Waals surface area contributed by atoms with Gasteiger partial charge in [-0.15, -0.1) is 0 Å². The van der Waals surface area contributed by atoms with E-state index in [1.54, 1.807) is 6.92 Å². The minimum atomic E-state index is -3.61. The number of hydrogen-bond acceptors (Lipinski definition) is 4. The number of aromatic hydroxyl groups is 1. The van der Waals surface area contributed by atoms with Gasteiger partial charge in [-0.05, 0) is 31.2 Å². The van der Waals surface area contributed by atoms with Gasteiger partial charge in [-0.25, -0.2) is 13.1 Å². The molecule has 6 heteroatoms. The molecule has 0 amide bonds. The standard InChI is InChI=1S/C9H13NO4S/c1-7(6-11)10-15(13,14)9-4-2-8(12)3-5-9/h2-5,7,10-12H,6H2,1H3/t7-/m1/s1. The third-order valence-corrected chi connectivity index (χ3v) is 3.38. The van der Waals surface area contributed by atoms with Gasteiger partial charge in [0.15, 0.2) is 0 Å². The molecule has 0 radical (unpaired) electrons. The predicted octanol–water partition coefficient (Wildman–Crippen LogP) is 0.0513. The van der Waals surface area contributed by atoms with E-state index in [1.807, 2.05) is 0 Å². The molecule has 0 unspecified atom stereocenters. The van der Waals surface area contributed by atoms with E-state index in [2.05, 4.69) is 4.72 Å². The maximum absolute atomic E-state index is 11.6. The van der Waals surface area contributed by atoms with Gasteiger partial charge in [-0.1, -0.05) is 0 Å². The van der Waals surface area contributed by atoms with Crippen LogP contribution in [0, 0.1) is 0 Å². The summed E-state index contributed by atoms with van der Waals surface area (Å²) in [6, 6.07) is 4.63. The van der Waals surface area contributed by atoms with Gasteiger partial charge in [0.1, 0.15) is 5.75 Å². The summed E-state index contributed by atoms with van der Waals surface area (Å²) in [6.07, 6.45) is 0. The highest BCUT2D eigenvalue weighted by Gasteiger charge is 2.16. The number of aliphatic hydroxyl groups excluding tert-OH is 1. The minimum absolute atomic E-state index is 0.00385. The van der Waals surface area contributed by atoms with E-state index in [0.29, 0.717) is 0 Å². The molecule has 1 aromatic rings. The van der Waals surface area contributed by atoms with E-state index >= 15 is 0 Å². The molecule has 0 bridgehead atoms. The molecule has 0 aliphatic carbocycles. The molecule has 0 aliphatic heterocycles. The number of benzene rings is 1. The first-order valence-electron chi connectivity index (χ1n) is 4.38. The van der Waals surface area contributed by atoms with Crippen molar-refractivity contribution in [2.75, 3.05) is 6.61 Å². The van der Waals surface area contributed by atoms with Crippen molar-refractivity contribution in [3.63, 3.8) is 0 Å². The number of phenolic OH excluding ortho intramolecular Hbond substituents is 1. The average Bonchev–Trinajstić information content (AvgIpc) is 2.17. The zero-order valence-electron chi connectivity index (χ0n) is 8.21. The van der Waals surface area contributed by atoms with Gasteiger partial charge in [0.25, 0.3) is 0 Å². The monoisotopic (exact) mass is 231 g/mol. The fraction of sp³-hybridized carbons (Fsp3) is 0.333.